The Hall–Kier alpha value is -1.11. The number of carbonyl (C=O) groups is 1. The molecule has 1 aromatic rings. The van der Waals surface area contributed by atoms with Crippen LogP contribution in [-0.4, -0.2) is 27.5 Å². The molecule has 1 N–H and O–H groups in total. The summed E-state index contributed by atoms with van der Waals surface area (Å²) in [6, 6.07) is 3.76. The number of ether oxygens (including phenoxy) is 1. The van der Waals surface area contributed by atoms with Gasteiger partial charge in [-0.1, -0.05) is 18.5 Å². The number of hydrogen-bond donors (Lipinski definition) is 1. The van der Waals surface area contributed by atoms with Crippen molar-refractivity contribution in [3.63, 3.8) is 0 Å². The van der Waals surface area contributed by atoms with Gasteiger partial charge in [-0.25, -0.2) is 17.9 Å². The van der Waals surface area contributed by atoms with Gasteiger partial charge in [0.15, 0.2) is 0 Å². The maximum Gasteiger partial charge on any atom is 0.337 e. The van der Waals surface area contributed by atoms with Crippen LogP contribution in [0.25, 0.3) is 0 Å². The van der Waals surface area contributed by atoms with Crippen LogP contribution >= 0.6 is 11.6 Å². The highest BCUT2D eigenvalue weighted by Crippen LogP contribution is 2.23. The molecule has 0 aliphatic heterocycles. The van der Waals surface area contributed by atoms with Gasteiger partial charge in [0.05, 0.1) is 17.7 Å². The molecule has 1 aromatic carbocycles. The van der Waals surface area contributed by atoms with Crippen LogP contribution in [0.1, 0.15) is 30.6 Å². The molecule has 1 atom stereocenters. The van der Waals surface area contributed by atoms with Crippen molar-refractivity contribution in [2.45, 2.75) is 31.2 Å². The molecule has 1 rings (SSSR count). The Kier molecular flexibility index (Phi) is 5.34. The second-order valence-corrected chi connectivity index (χ2v) is 6.16. The van der Waals surface area contributed by atoms with Crippen LogP contribution in [0.4, 0.5) is 0 Å². The maximum atomic E-state index is 12.1. The average molecular weight is 306 g/mol. The molecular weight excluding hydrogens is 290 g/mol. The molecule has 1 unspecified atom stereocenters. The Balaban J connectivity index is 3.22. The largest absolute Gasteiger partial charge is 0.465 e. The van der Waals surface area contributed by atoms with Crippen molar-refractivity contribution in [3.05, 3.63) is 28.8 Å². The summed E-state index contributed by atoms with van der Waals surface area (Å²) in [5.41, 5.74) is 0.136. The molecule has 0 fully saturated rings. The van der Waals surface area contributed by atoms with Crippen molar-refractivity contribution >= 4 is 27.6 Å². The fourth-order valence-corrected chi connectivity index (χ4v) is 3.22. The minimum absolute atomic E-state index is 0.0588. The Morgan fingerprint density at radius 3 is 2.63 bits per heavy atom. The molecule has 0 aromatic heterocycles. The second kappa shape index (κ2) is 6.36. The van der Waals surface area contributed by atoms with Crippen molar-refractivity contribution in [3.8, 4) is 0 Å². The summed E-state index contributed by atoms with van der Waals surface area (Å²) in [6.07, 6.45) is 0.646. The van der Waals surface area contributed by atoms with Gasteiger partial charge in [0.1, 0.15) is 4.90 Å². The van der Waals surface area contributed by atoms with E-state index in [9.17, 15) is 13.2 Å². The predicted molar refractivity (Wildman–Crippen MR) is 72.9 cm³/mol. The molecule has 0 radical (unpaired) electrons. The highest BCUT2D eigenvalue weighted by Gasteiger charge is 2.21. The number of benzene rings is 1. The fraction of sp³-hybridized carbons (Fsp3) is 0.417. The lowest BCUT2D eigenvalue weighted by Crippen LogP contribution is -2.32. The van der Waals surface area contributed by atoms with Gasteiger partial charge in [-0.15, -0.1) is 0 Å². The molecule has 0 saturated heterocycles. The van der Waals surface area contributed by atoms with Crippen LogP contribution in [0.2, 0.25) is 5.02 Å². The SMILES string of the molecule is CCC(C)NS(=O)(=O)c1cc(C(=O)OC)ccc1Cl. The van der Waals surface area contributed by atoms with Crippen molar-refractivity contribution in [2.24, 2.45) is 0 Å². The van der Waals surface area contributed by atoms with Crippen molar-refractivity contribution in [2.75, 3.05) is 7.11 Å². The van der Waals surface area contributed by atoms with E-state index in [0.29, 0.717) is 6.42 Å². The van der Waals surface area contributed by atoms with E-state index in [4.69, 9.17) is 11.6 Å². The van der Waals surface area contributed by atoms with Crippen molar-refractivity contribution in [1.29, 1.82) is 0 Å². The lowest BCUT2D eigenvalue weighted by atomic mass is 10.2. The van der Waals surface area contributed by atoms with Gasteiger partial charge < -0.3 is 4.74 Å². The second-order valence-electron chi connectivity index (χ2n) is 4.07. The lowest BCUT2D eigenvalue weighted by molar-refractivity contribution is 0.0600. The number of esters is 1. The van der Waals surface area contributed by atoms with Gasteiger partial charge >= 0.3 is 5.97 Å². The summed E-state index contributed by atoms with van der Waals surface area (Å²) in [5, 5.41) is 0.0588. The first kappa shape index (κ1) is 15.9. The van der Waals surface area contributed by atoms with Crippen molar-refractivity contribution < 1.29 is 17.9 Å². The van der Waals surface area contributed by atoms with E-state index in [2.05, 4.69) is 9.46 Å². The summed E-state index contributed by atoms with van der Waals surface area (Å²) in [7, 11) is -2.53. The Labute approximate surface area is 118 Å². The minimum atomic E-state index is -3.76. The summed E-state index contributed by atoms with van der Waals surface area (Å²) >= 11 is 5.88. The zero-order valence-corrected chi connectivity index (χ0v) is 12.5. The van der Waals surface area contributed by atoms with Crippen LogP contribution < -0.4 is 4.72 Å². The number of hydrogen-bond acceptors (Lipinski definition) is 4. The van der Waals surface area contributed by atoms with Crippen LogP contribution in [-0.2, 0) is 14.8 Å². The highest BCUT2D eigenvalue weighted by molar-refractivity contribution is 7.89. The first-order valence-electron chi connectivity index (χ1n) is 5.72. The van der Waals surface area contributed by atoms with E-state index in [-0.39, 0.29) is 21.5 Å². The molecular formula is C12H16ClNO4S. The zero-order chi connectivity index (χ0) is 14.6. The molecule has 0 bridgehead atoms. The Bertz CT molecular complexity index is 571. The number of methoxy groups -OCH3 is 1. The average Bonchev–Trinajstić information content (AvgIpc) is 2.37. The summed E-state index contributed by atoms with van der Waals surface area (Å²) < 4.78 is 31.3. The fourth-order valence-electron chi connectivity index (χ4n) is 1.37. The van der Waals surface area contributed by atoms with Gasteiger partial charge in [0.2, 0.25) is 10.0 Å². The number of sulfonamides is 1. The predicted octanol–water partition coefficient (Wildman–Crippen LogP) is 2.20. The number of rotatable bonds is 5. The Morgan fingerprint density at radius 2 is 2.11 bits per heavy atom. The van der Waals surface area contributed by atoms with Crippen LogP contribution in [0, 0.1) is 0 Å². The molecule has 0 aliphatic carbocycles. The molecule has 0 heterocycles. The highest BCUT2D eigenvalue weighted by atomic mass is 35.5. The van der Waals surface area contributed by atoms with E-state index in [1.54, 1.807) is 6.92 Å². The van der Waals surface area contributed by atoms with Gasteiger partial charge in [0.25, 0.3) is 0 Å². The molecule has 5 nitrogen and oxygen atoms in total. The number of nitrogens with one attached hydrogen (secondary N) is 1. The van der Waals surface area contributed by atoms with E-state index in [1.165, 1.54) is 25.3 Å². The summed E-state index contributed by atoms with van der Waals surface area (Å²) in [6.45, 7) is 3.61. The van der Waals surface area contributed by atoms with Gasteiger partial charge in [-0.2, -0.15) is 0 Å². The molecule has 0 spiro atoms. The minimum Gasteiger partial charge on any atom is -0.465 e. The number of carbonyl (C=O) groups excluding carboxylic acids is 1. The molecule has 0 aliphatic rings. The van der Waals surface area contributed by atoms with Crippen LogP contribution in [0.15, 0.2) is 23.1 Å². The standard InChI is InChI=1S/C12H16ClNO4S/c1-4-8(2)14-19(16,17)11-7-9(12(15)18-3)5-6-10(11)13/h5-8,14H,4H2,1-3H3. The van der Waals surface area contributed by atoms with Crippen molar-refractivity contribution in [1.82, 2.24) is 4.72 Å². The molecule has 106 valence electrons. The monoisotopic (exact) mass is 305 g/mol. The normalized spacial score (nSPS) is 13.1. The van der Waals surface area contributed by atoms with Gasteiger partial charge in [-0.05, 0) is 31.5 Å². The summed E-state index contributed by atoms with van der Waals surface area (Å²) in [5.74, 6) is -0.614. The van der Waals surface area contributed by atoms with E-state index >= 15 is 0 Å². The topological polar surface area (TPSA) is 72.5 Å². The first-order valence-corrected chi connectivity index (χ1v) is 7.58. The van der Waals surface area contributed by atoms with E-state index in [1.807, 2.05) is 6.92 Å². The maximum absolute atomic E-state index is 12.1. The quantitative estimate of drug-likeness (QED) is 0.847. The van der Waals surface area contributed by atoms with Gasteiger partial charge in [0, 0.05) is 6.04 Å². The van der Waals surface area contributed by atoms with E-state index in [0.717, 1.165) is 0 Å². The third-order valence-corrected chi connectivity index (χ3v) is 4.68. The van der Waals surface area contributed by atoms with E-state index < -0.39 is 16.0 Å². The molecule has 19 heavy (non-hydrogen) atoms. The molecule has 7 heteroatoms. The lowest BCUT2D eigenvalue weighted by Gasteiger charge is -2.13. The molecule has 0 amide bonds. The Morgan fingerprint density at radius 1 is 1.47 bits per heavy atom. The van der Waals surface area contributed by atoms with Crippen LogP contribution in [0.3, 0.4) is 0 Å². The first-order chi connectivity index (χ1) is 8.81. The smallest absolute Gasteiger partial charge is 0.337 e. The third kappa shape index (κ3) is 3.92. The van der Waals surface area contributed by atoms with Gasteiger partial charge in [-0.3, -0.25) is 0 Å². The zero-order valence-electron chi connectivity index (χ0n) is 10.9. The van der Waals surface area contributed by atoms with Crippen LogP contribution in [0.5, 0.6) is 0 Å². The third-order valence-electron chi connectivity index (χ3n) is 2.61. The molecule has 0 saturated carbocycles. The number of halogens is 1. The summed E-state index contributed by atoms with van der Waals surface area (Å²) in [4.78, 5) is 11.3.